The first-order valence-corrected chi connectivity index (χ1v) is 11.0. The van der Waals surface area contributed by atoms with Crippen molar-refractivity contribution in [3.8, 4) is 11.5 Å². The quantitative estimate of drug-likeness (QED) is 0.575. The Labute approximate surface area is 193 Å². The van der Waals surface area contributed by atoms with Gasteiger partial charge in [0.1, 0.15) is 5.82 Å². The largest absolute Gasteiger partial charge is 0.415 e. The molecule has 1 N–H and O–H groups in total. The molecule has 0 radical (unpaired) electrons. The zero-order valence-electron chi connectivity index (χ0n) is 18.0. The van der Waals surface area contributed by atoms with Gasteiger partial charge in [0.2, 0.25) is 5.89 Å². The number of hydrogen-bond donors (Lipinski definition) is 1. The van der Waals surface area contributed by atoms with Gasteiger partial charge >= 0.3 is 6.43 Å². The van der Waals surface area contributed by atoms with E-state index in [1.165, 1.54) is 18.2 Å². The lowest BCUT2D eigenvalue weighted by atomic mass is 9.85. The third-order valence-corrected chi connectivity index (χ3v) is 6.44. The van der Waals surface area contributed by atoms with E-state index in [1.807, 2.05) is 0 Å². The Bertz CT molecular complexity index is 1180. The molecule has 178 valence electrons. The van der Waals surface area contributed by atoms with Crippen LogP contribution in [0.2, 0.25) is 0 Å². The molecule has 2 aliphatic rings. The molecular formula is C24H22F3N3O4. The van der Waals surface area contributed by atoms with E-state index < -0.39 is 30.3 Å². The lowest BCUT2D eigenvalue weighted by molar-refractivity contribution is -0.0313. The van der Waals surface area contributed by atoms with Crippen molar-refractivity contribution in [2.24, 2.45) is 5.92 Å². The highest BCUT2D eigenvalue weighted by Crippen LogP contribution is 2.39. The number of alkyl halides is 2. The van der Waals surface area contributed by atoms with Gasteiger partial charge in [0.25, 0.3) is 11.8 Å². The Kier molecular flexibility index (Phi) is 6.09. The zero-order valence-corrected chi connectivity index (χ0v) is 18.0. The first kappa shape index (κ1) is 22.5. The number of ether oxygens (including phenoxy) is 1. The second-order valence-corrected chi connectivity index (χ2v) is 8.49. The van der Waals surface area contributed by atoms with Crippen LogP contribution in [0.25, 0.3) is 11.5 Å². The molecule has 3 aromatic rings. The number of carbonyl (C=O) groups is 1. The molecule has 7 nitrogen and oxygen atoms in total. The van der Waals surface area contributed by atoms with Crippen molar-refractivity contribution >= 4 is 5.91 Å². The van der Waals surface area contributed by atoms with Crippen LogP contribution in [0, 0.1) is 11.7 Å². The normalized spacial score (nSPS) is 18.4. The standard InChI is InChI=1S/C24H22F3N3O4/c25-17-5-3-13(4-6-17)19(20(31)14-7-9-33-10-8-14)30-12-16-2-1-15(11-18(16)24(30)32)22-28-29-23(34-22)21(26)27/h1-6,11,14,19-21,31H,7-10,12H2. The first-order chi connectivity index (χ1) is 16.4. The summed E-state index contributed by atoms with van der Waals surface area (Å²) in [5.74, 6) is -1.72. The summed E-state index contributed by atoms with van der Waals surface area (Å²) in [5.41, 5.74) is 2.05. The molecule has 3 heterocycles. The first-order valence-electron chi connectivity index (χ1n) is 11.0. The van der Waals surface area contributed by atoms with Gasteiger partial charge in [0.15, 0.2) is 0 Å². The number of hydrogen-bond acceptors (Lipinski definition) is 6. The topological polar surface area (TPSA) is 88.7 Å². The average Bonchev–Trinajstić information content (AvgIpc) is 3.47. The fraction of sp³-hybridized carbons (Fsp3) is 0.375. The zero-order chi connectivity index (χ0) is 23.8. The Balaban J connectivity index is 1.47. The van der Waals surface area contributed by atoms with Crippen molar-refractivity contribution in [1.29, 1.82) is 0 Å². The van der Waals surface area contributed by atoms with Crippen molar-refractivity contribution in [2.75, 3.05) is 13.2 Å². The van der Waals surface area contributed by atoms with Gasteiger partial charge < -0.3 is 19.2 Å². The Morgan fingerprint density at radius 3 is 2.47 bits per heavy atom. The van der Waals surface area contributed by atoms with Gasteiger partial charge in [-0.25, -0.2) is 4.39 Å². The Morgan fingerprint density at radius 1 is 1.06 bits per heavy atom. The van der Waals surface area contributed by atoms with E-state index >= 15 is 0 Å². The van der Waals surface area contributed by atoms with Crippen molar-refractivity contribution in [2.45, 2.75) is 38.0 Å². The van der Waals surface area contributed by atoms with Gasteiger partial charge in [-0.15, -0.1) is 10.2 Å². The molecule has 1 saturated heterocycles. The van der Waals surface area contributed by atoms with Gasteiger partial charge in [0, 0.05) is 30.9 Å². The number of rotatable bonds is 6. The molecule has 34 heavy (non-hydrogen) atoms. The summed E-state index contributed by atoms with van der Waals surface area (Å²) >= 11 is 0. The number of aliphatic hydroxyl groups excluding tert-OH is 1. The van der Waals surface area contributed by atoms with Gasteiger partial charge in [-0.2, -0.15) is 8.78 Å². The van der Waals surface area contributed by atoms with E-state index in [0.29, 0.717) is 48.3 Å². The second kappa shape index (κ2) is 9.19. The number of carbonyl (C=O) groups excluding carboxylic acids is 1. The number of aliphatic hydroxyl groups is 1. The van der Waals surface area contributed by atoms with Crippen LogP contribution in [-0.4, -0.2) is 45.4 Å². The minimum Gasteiger partial charge on any atom is -0.415 e. The molecule has 0 saturated carbocycles. The molecule has 5 rings (SSSR count). The van der Waals surface area contributed by atoms with Crippen molar-refractivity contribution in [3.63, 3.8) is 0 Å². The number of fused-ring (bicyclic) bond motifs is 1. The number of aromatic nitrogens is 2. The Morgan fingerprint density at radius 2 is 1.79 bits per heavy atom. The fourth-order valence-electron chi connectivity index (χ4n) is 4.66. The summed E-state index contributed by atoms with van der Waals surface area (Å²) in [7, 11) is 0. The van der Waals surface area contributed by atoms with E-state index in [9.17, 15) is 23.1 Å². The fourth-order valence-corrected chi connectivity index (χ4v) is 4.66. The van der Waals surface area contributed by atoms with Gasteiger partial charge in [-0.1, -0.05) is 18.2 Å². The van der Waals surface area contributed by atoms with Gasteiger partial charge in [0.05, 0.1) is 12.1 Å². The van der Waals surface area contributed by atoms with Gasteiger partial charge in [-0.05, 0) is 54.2 Å². The van der Waals surface area contributed by atoms with E-state index in [0.717, 1.165) is 0 Å². The third-order valence-electron chi connectivity index (χ3n) is 6.44. The summed E-state index contributed by atoms with van der Waals surface area (Å²) in [6, 6.07) is 9.94. The van der Waals surface area contributed by atoms with Crippen LogP contribution < -0.4 is 0 Å². The molecule has 1 amide bonds. The highest BCUT2D eigenvalue weighted by atomic mass is 19.3. The maximum Gasteiger partial charge on any atom is 0.314 e. The van der Waals surface area contributed by atoms with E-state index in [-0.39, 0.29) is 24.3 Å². The molecule has 1 aromatic heterocycles. The number of nitrogens with zero attached hydrogens (tertiary/aromatic N) is 3. The number of halogens is 3. The van der Waals surface area contributed by atoms with Crippen LogP contribution in [0.1, 0.15) is 52.7 Å². The van der Waals surface area contributed by atoms with E-state index in [2.05, 4.69) is 10.2 Å². The summed E-state index contributed by atoms with van der Waals surface area (Å²) in [5, 5.41) is 18.3. The van der Waals surface area contributed by atoms with E-state index in [1.54, 1.807) is 29.2 Å². The molecule has 1 fully saturated rings. The van der Waals surface area contributed by atoms with Crippen LogP contribution in [0.15, 0.2) is 46.9 Å². The molecule has 2 aromatic carbocycles. The SMILES string of the molecule is O=C1c2cc(-c3nnc(C(F)F)o3)ccc2CN1C(c1ccc(F)cc1)C(O)C1CCOCC1. The summed E-state index contributed by atoms with van der Waals surface area (Å²) in [6.45, 7) is 1.29. The predicted octanol–water partition coefficient (Wildman–Crippen LogP) is 4.30. The molecule has 0 spiro atoms. The highest BCUT2D eigenvalue weighted by Gasteiger charge is 2.40. The number of amides is 1. The van der Waals surface area contributed by atoms with Gasteiger partial charge in [-0.3, -0.25) is 4.79 Å². The molecule has 2 atom stereocenters. The number of benzene rings is 2. The van der Waals surface area contributed by atoms with Crippen LogP contribution >= 0.6 is 0 Å². The van der Waals surface area contributed by atoms with Crippen LogP contribution in [0.5, 0.6) is 0 Å². The summed E-state index contributed by atoms with van der Waals surface area (Å²) in [6.07, 6.45) is -2.46. The van der Waals surface area contributed by atoms with Crippen molar-refractivity contribution in [3.05, 3.63) is 70.9 Å². The maximum atomic E-state index is 13.6. The second-order valence-electron chi connectivity index (χ2n) is 8.49. The van der Waals surface area contributed by atoms with Crippen molar-refractivity contribution < 1.29 is 32.2 Å². The lowest BCUT2D eigenvalue weighted by Gasteiger charge is -2.37. The predicted molar refractivity (Wildman–Crippen MR) is 113 cm³/mol. The van der Waals surface area contributed by atoms with E-state index in [4.69, 9.17) is 9.15 Å². The third kappa shape index (κ3) is 4.19. The molecule has 2 unspecified atom stereocenters. The smallest absolute Gasteiger partial charge is 0.314 e. The molecular weight excluding hydrogens is 451 g/mol. The summed E-state index contributed by atoms with van der Waals surface area (Å²) in [4.78, 5) is 15.1. The molecule has 0 aliphatic carbocycles. The van der Waals surface area contributed by atoms with Crippen LogP contribution in [-0.2, 0) is 11.3 Å². The van der Waals surface area contributed by atoms with Crippen molar-refractivity contribution in [1.82, 2.24) is 15.1 Å². The average molecular weight is 473 g/mol. The van der Waals surface area contributed by atoms with Crippen LogP contribution in [0.4, 0.5) is 13.2 Å². The molecule has 0 bridgehead atoms. The molecule has 10 heteroatoms. The monoisotopic (exact) mass is 473 g/mol. The minimum absolute atomic E-state index is 0.0814. The maximum absolute atomic E-state index is 13.6. The van der Waals surface area contributed by atoms with Crippen LogP contribution in [0.3, 0.4) is 0 Å². The Hall–Kier alpha value is -3.24. The minimum atomic E-state index is -2.89. The summed E-state index contributed by atoms with van der Waals surface area (Å²) < 4.78 is 49.7. The highest BCUT2D eigenvalue weighted by molar-refractivity contribution is 5.99. The lowest BCUT2D eigenvalue weighted by Crippen LogP contribution is -2.42. The molecule has 2 aliphatic heterocycles.